The molecular formula is C15H17F2N3O. The van der Waals surface area contributed by atoms with Gasteiger partial charge in [0, 0.05) is 31.2 Å². The molecule has 21 heavy (non-hydrogen) atoms. The number of nitrogens with one attached hydrogen (secondary N) is 1. The molecule has 0 spiro atoms. The van der Waals surface area contributed by atoms with Gasteiger partial charge in [-0.15, -0.1) is 0 Å². The van der Waals surface area contributed by atoms with E-state index >= 15 is 0 Å². The SMILES string of the molecule is C[C@@H](CCc1cccn1C)NC(=O)c1ccnc(F)c1F. The molecule has 0 saturated carbocycles. The fourth-order valence-corrected chi connectivity index (χ4v) is 2.09. The van der Waals surface area contributed by atoms with Crippen molar-refractivity contribution >= 4 is 5.91 Å². The van der Waals surface area contributed by atoms with Crippen LogP contribution in [0.5, 0.6) is 0 Å². The van der Waals surface area contributed by atoms with Crippen LogP contribution in [0.3, 0.4) is 0 Å². The smallest absolute Gasteiger partial charge is 0.254 e. The summed E-state index contributed by atoms with van der Waals surface area (Å²) in [5, 5.41) is 2.66. The van der Waals surface area contributed by atoms with Crippen molar-refractivity contribution in [2.75, 3.05) is 0 Å². The molecule has 1 amide bonds. The number of aromatic nitrogens is 2. The minimum atomic E-state index is -1.26. The second-order valence-electron chi connectivity index (χ2n) is 4.99. The molecule has 1 N–H and O–H groups in total. The van der Waals surface area contributed by atoms with Gasteiger partial charge in [-0.1, -0.05) is 0 Å². The van der Waals surface area contributed by atoms with Crippen LogP contribution in [0.2, 0.25) is 0 Å². The van der Waals surface area contributed by atoms with Crippen molar-refractivity contribution in [3.63, 3.8) is 0 Å². The van der Waals surface area contributed by atoms with Gasteiger partial charge in [0.1, 0.15) is 0 Å². The number of pyridine rings is 1. The third-order valence-electron chi connectivity index (χ3n) is 3.35. The number of hydrogen-bond acceptors (Lipinski definition) is 2. The average Bonchev–Trinajstić information content (AvgIpc) is 2.85. The maximum absolute atomic E-state index is 13.5. The molecule has 0 radical (unpaired) electrons. The van der Waals surface area contributed by atoms with Gasteiger partial charge in [0.05, 0.1) is 5.56 Å². The van der Waals surface area contributed by atoms with Gasteiger partial charge < -0.3 is 9.88 Å². The lowest BCUT2D eigenvalue weighted by atomic mass is 10.1. The van der Waals surface area contributed by atoms with E-state index < -0.39 is 17.7 Å². The van der Waals surface area contributed by atoms with Crippen molar-refractivity contribution in [1.82, 2.24) is 14.9 Å². The number of carbonyl (C=O) groups excluding carboxylic acids is 1. The number of amides is 1. The molecule has 0 aromatic carbocycles. The molecular weight excluding hydrogens is 276 g/mol. The van der Waals surface area contributed by atoms with E-state index in [0.29, 0.717) is 6.42 Å². The Bertz CT molecular complexity index is 640. The largest absolute Gasteiger partial charge is 0.354 e. The van der Waals surface area contributed by atoms with Crippen LogP contribution in [0.1, 0.15) is 29.4 Å². The third kappa shape index (κ3) is 3.65. The highest BCUT2D eigenvalue weighted by Gasteiger charge is 2.17. The van der Waals surface area contributed by atoms with Crippen LogP contribution in [0.4, 0.5) is 8.78 Å². The molecule has 6 heteroatoms. The van der Waals surface area contributed by atoms with E-state index in [-0.39, 0.29) is 11.6 Å². The van der Waals surface area contributed by atoms with Crippen molar-refractivity contribution < 1.29 is 13.6 Å². The predicted octanol–water partition coefficient (Wildman–Crippen LogP) is 2.45. The lowest BCUT2D eigenvalue weighted by Gasteiger charge is -2.14. The van der Waals surface area contributed by atoms with Gasteiger partial charge in [0.2, 0.25) is 5.95 Å². The molecule has 0 aliphatic carbocycles. The van der Waals surface area contributed by atoms with E-state index in [1.54, 1.807) is 0 Å². The first-order chi connectivity index (χ1) is 9.99. The highest BCUT2D eigenvalue weighted by Crippen LogP contribution is 2.10. The summed E-state index contributed by atoms with van der Waals surface area (Å²) < 4.78 is 28.5. The maximum Gasteiger partial charge on any atom is 0.254 e. The Labute approximate surface area is 121 Å². The summed E-state index contributed by atoms with van der Waals surface area (Å²) in [6.07, 6.45) is 4.52. The van der Waals surface area contributed by atoms with Gasteiger partial charge in [0.15, 0.2) is 5.82 Å². The fourth-order valence-electron chi connectivity index (χ4n) is 2.09. The summed E-state index contributed by atoms with van der Waals surface area (Å²) in [5.74, 6) is -3.11. The topological polar surface area (TPSA) is 46.9 Å². The Morgan fingerprint density at radius 3 is 2.86 bits per heavy atom. The minimum absolute atomic E-state index is 0.150. The molecule has 0 aliphatic rings. The van der Waals surface area contributed by atoms with Crippen LogP contribution in [0.25, 0.3) is 0 Å². The Morgan fingerprint density at radius 2 is 2.19 bits per heavy atom. The zero-order valence-electron chi connectivity index (χ0n) is 11.9. The average molecular weight is 293 g/mol. The number of carbonyl (C=O) groups is 1. The van der Waals surface area contributed by atoms with Crippen LogP contribution in [0.15, 0.2) is 30.6 Å². The quantitative estimate of drug-likeness (QED) is 0.861. The number of rotatable bonds is 5. The molecule has 112 valence electrons. The van der Waals surface area contributed by atoms with Crippen LogP contribution in [0, 0.1) is 11.8 Å². The molecule has 2 aromatic heterocycles. The fraction of sp³-hybridized carbons (Fsp3) is 0.333. The molecule has 0 aliphatic heterocycles. The minimum Gasteiger partial charge on any atom is -0.354 e. The lowest BCUT2D eigenvalue weighted by Crippen LogP contribution is -2.33. The Morgan fingerprint density at radius 1 is 1.43 bits per heavy atom. The molecule has 0 unspecified atom stereocenters. The monoisotopic (exact) mass is 293 g/mol. The first-order valence-electron chi connectivity index (χ1n) is 6.70. The van der Waals surface area contributed by atoms with Gasteiger partial charge in [-0.3, -0.25) is 4.79 Å². The Hall–Kier alpha value is -2.24. The van der Waals surface area contributed by atoms with Gasteiger partial charge >= 0.3 is 0 Å². The summed E-state index contributed by atoms with van der Waals surface area (Å²) in [4.78, 5) is 15.1. The lowest BCUT2D eigenvalue weighted by molar-refractivity contribution is 0.0933. The molecule has 0 saturated heterocycles. The van der Waals surface area contributed by atoms with E-state index in [9.17, 15) is 13.6 Å². The second-order valence-corrected chi connectivity index (χ2v) is 4.99. The van der Waals surface area contributed by atoms with Crippen LogP contribution in [-0.2, 0) is 13.5 Å². The van der Waals surface area contributed by atoms with Crippen molar-refractivity contribution in [3.05, 3.63) is 53.6 Å². The number of hydrogen-bond donors (Lipinski definition) is 1. The third-order valence-corrected chi connectivity index (χ3v) is 3.35. The normalized spacial score (nSPS) is 12.2. The Kier molecular flexibility index (Phi) is 4.67. The van der Waals surface area contributed by atoms with Gasteiger partial charge in [-0.2, -0.15) is 4.39 Å². The second kappa shape index (κ2) is 6.47. The van der Waals surface area contributed by atoms with E-state index in [1.807, 2.05) is 36.9 Å². The van der Waals surface area contributed by atoms with Crippen LogP contribution in [-0.4, -0.2) is 21.5 Å². The van der Waals surface area contributed by atoms with Gasteiger partial charge in [0.25, 0.3) is 5.91 Å². The van der Waals surface area contributed by atoms with Crippen LogP contribution < -0.4 is 5.32 Å². The first-order valence-corrected chi connectivity index (χ1v) is 6.70. The summed E-state index contributed by atoms with van der Waals surface area (Å²) in [5.41, 5.74) is 0.824. The standard InChI is InChI=1S/C15H17F2N3O/c1-10(5-6-11-4-3-9-20(11)2)19-15(21)12-7-8-18-14(17)13(12)16/h3-4,7-10H,5-6H2,1-2H3,(H,19,21)/t10-/m0/s1. The number of nitrogens with zero attached hydrogens (tertiary/aromatic N) is 2. The van der Waals surface area contributed by atoms with Crippen molar-refractivity contribution in [1.29, 1.82) is 0 Å². The number of halogens is 2. The molecule has 0 bridgehead atoms. The van der Waals surface area contributed by atoms with Gasteiger partial charge in [-0.25, -0.2) is 9.37 Å². The zero-order chi connectivity index (χ0) is 15.4. The van der Waals surface area contributed by atoms with E-state index in [4.69, 9.17) is 0 Å². The summed E-state index contributed by atoms with van der Waals surface area (Å²) in [7, 11) is 1.95. The molecule has 1 atom stereocenters. The molecule has 2 aromatic rings. The maximum atomic E-state index is 13.5. The van der Waals surface area contributed by atoms with Gasteiger partial charge in [-0.05, 0) is 38.0 Å². The summed E-state index contributed by atoms with van der Waals surface area (Å²) in [6, 6.07) is 4.97. The molecule has 4 nitrogen and oxygen atoms in total. The van der Waals surface area contributed by atoms with Crippen molar-refractivity contribution in [2.24, 2.45) is 7.05 Å². The molecule has 2 heterocycles. The number of aryl methyl sites for hydroxylation is 2. The van der Waals surface area contributed by atoms with E-state index in [2.05, 4.69) is 10.3 Å². The zero-order valence-corrected chi connectivity index (χ0v) is 11.9. The predicted molar refractivity (Wildman–Crippen MR) is 74.8 cm³/mol. The summed E-state index contributed by atoms with van der Waals surface area (Å²) >= 11 is 0. The van der Waals surface area contributed by atoms with Crippen LogP contribution >= 0.6 is 0 Å². The van der Waals surface area contributed by atoms with E-state index in [1.165, 1.54) is 0 Å². The molecule has 0 fully saturated rings. The summed E-state index contributed by atoms with van der Waals surface area (Å²) in [6.45, 7) is 1.83. The van der Waals surface area contributed by atoms with Crippen molar-refractivity contribution in [3.8, 4) is 0 Å². The highest BCUT2D eigenvalue weighted by atomic mass is 19.2. The van der Waals surface area contributed by atoms with E-state index in [0.717, 1.165) is 24.4 Å². The highest BCUT2D eigenvalue weighted by molar-refractivity contribution is 5.94. The Balaban J connectivity index is 1.93. The molecule has 2 rings (SSSR count). The first kappa shape index (κ1) is 15.2. The van der Waals surface area contributed by atoms with Crippen molar-refractivity contribution in [2.45, 2.75) is 25.8 Å².